The van der Waals surface area contributed by atoms with Gasteiger partial charge in [-0.1, -0.05) is 30.3 Å². The lowest BCUT2D eigenvalue weighted by Gasteiger charge is -2.20. The molecule has 2 aromatic rings. The minimum atomic E-state index is -0.833. The fourth-order valence-electron chi connectivity index (χ4n) is 2.98. The zero-order chi connectivity index (χ0) is 18.2. The average molecular weight is 343 g/mol. The number of aryl methyl sites for hydroxylation is 1. The van der Waals surface area contributed by atoms with Crippen LogP contribution in [0, 0.1) is 0 Å². The molecule has 1 saturated heterocycles. The van der Waals surface area contributed by atoms with Crippen molar-refractivity contribution in [2.75, 3.05) is 6.54 Å². The molecule has 1 fully saturated rings. The molecule has 6 nitrogen and oxygen atoms in total. The number of hydrogen-bond donors (Lipinski definition) is 1. The number of likely N-dealkylation sites (tertiary alicyclic amines) is 1. The van der Waals surface area contributed by atoms with Crippen LogP contribution < -0.4 is 0 Å². The largest absolute Gasteiger partial charge is 0.481 e. The summed E-state index contributed by atoms with van der Waals surface area (Å²) in [5.74, 6) is 0.847. The molecule has 1 atom stereocenters. The molecule has 0 bridgehead atoms. The molecule has 6 heteroatoms. The topological polar surface area (TPSA) is 75.4 Å². The van der Waals surface area contributed by atoms with E-state index in [4.69, 9.17) is 9.90 Å². The fraction of sp³-hybridized carbons (Fsp3) is 0.421. The number of aliphatic carboxylic acids is 1. The highest BCUT2D eigenvalue weighted by atomic mass is 16.4. The van der Waals surface area contributed by atoms with Crippen molar-refractivity contribution in [1.29, 1.82) is 0 Å². The van der Waals surface area contributed by atoms with Crippen molar-refractivity contribution in [2.45, 2.75) is 38.6 Å². The first-order chi connectivity index (χ1) is 12.0. The molecular weight excluding hydrogens is 318 g/mol. The van der Waals surface area contributed by atoms with E-state index in [0.717, 1.165) is 32.1 Å². The van der Waals surface area contributed by atoms with E-state index in [0.29, 0.717) is 18.9 Å². The number of aromatic nitrogens is 2. The van der Waals surface area contributed by atoms with Gasteiger partial charge in [0.2, 0.25) is 5.91 Å². The monoisotopic (exact) mass is 343 g/mol. The Morgan fingerprint density at radius 1 is 1.28 bits per heavy atom. The Morgan fingerprint density at radius 3 is 2.56 bits per heavy atom. The molecule has 134 valence electrons. The lowest BCUT2D eigenvalue weighted by atomic mass is 9.92. The number of rotatable bonds is 3. The van der Waals surface area contributed by atoms with Crippen LogP contribution in [0.5, 0.6) is 0 Å². The van der Waals surface area contributed by atoms with E-state index in [1.165, 1.54) is 5.56 Å². The first-order valence-electron chi connectivity index (χ1n) is 8.46. The summed E-state index contributed by atoms with van der Waals surface area (Å²) in [5.41, 5.74) is 1.35. The summed E-state index contributed by atoms with van der Waals surface area (Å²) in [6.45, 7) is 2.51. The SMILES string of the molecule is CC(=O)O.Cn1ccnc1CN1CCC(c2ccccc2)CCC1=O. The number of carbonyl (C=O) groups is 2. The molecule has 1 aromatic heterocycles. The molecule has 2 heterocycles. The van der Waals surface area contributed by atoms with Gasteiger partial charge in [-0.25, -0.2) is 4.98 Å². The number of carbonyl (C=O) groups excluding carboxylic acids is 1. The van der Waals surface area contributed by atoms with Crippen LogP contribution in [-0.2, 0) is 23.2 Å². The predicted octanol–water partition coefficient (Wildman–Crippen LogP) is 2.81. The van der Waals surface area contributed by atoms with Crippen LogP contribution in [0.15, 0.2) is 42.7 Å². The van der Waals surface area contributed by atoms with E-state index in [1.807, 2.05) is 28.8 Å². The molecule has 1 N–H and O–H groups in total. The number of carboxylic acids is 1. The Balaban J connectivity index is 0.000000511. The average Bonchev–Trinajstić information content (AvgIpc) is 2.89. The van der Waals surface area contributed by atoms with Crippen molar-refractivity contribution in [1.82, 2.24) is 14.5 Å². The minimum Gasteiger partial charge on any atom is -0.481 e. The molecule has 0 radical (unpaired) electrons. The maximum absolute atomic E-state index is 12.3. The van der Waals surface area contributed by atoms with Crippen LogP contribution in [0.3, 0.4) is 0 Å². The van der Waals surface area contributed by atoms with E-state index in [9.17, 15) is 4.79 Å². The van der Waals surface area contributed by atoms with Crippen molar-refractivity contribution >= 4 is 11.9 Å². The van der Waals surface area contributed by atoms with Crippen LogP contribution in [0.1, 0.15) is 43.5 Å². The highest BCUT2D eigenvalue weighted by molar-refractivity contribution is 5.76. The maximum Gasteiger partial charge on any atom is 0.300 e. The highest BCUT2D eigenvalue weighted by Crippen LogP contribution is 2.28. The van der Waals surface area contributed by atoms with Crippen LogP contribution in [-0.4, -0.2) is 38.0 Å². The van der Waals surface area contributed by atoms with Gasteiger partial charge in [0, 0.05) is 39.3 Å². The Hall–Kier alpha value is -2.63. The van der Waals surface area contributed by atoms with Gasteiger partial charge in [0.1, 0.15) is 5.82 Å². The third kappa shape index (κ3) is 5.74. The summed E-state index contributed by atoms with van der Waals surface area (Å²) in [5, 5.41) is 7.42. The van der Waals surface area contributed by atoms with Gasteiger partial charge in [0.05, 0.1) is 6.54 Å². The second-order valence-corrected chi connectivity index (χ2v) is 6.22. The van der Waals surface area contributed by atoms with Gasteiger partial charge in [-0.3, -0.25) is 9.59 Å². The van der Waals surface area contributed by atoms with Gasteiger partial charge in [-0.05, 0) is 24.3 Å². The molecule has 1 amide bonds. The maximum atomic E-state index is 12.3. The van der Waals surface area contributed by atoms with Gasteiger partial charge < -0.3 is 14.6 Å². The normalized spacial score (nSPS) is 17.4. The van der Waals surface area contributed by atoms with Crippen molar-refractivity contribution in [3.8, 4) is 0 Å². The first-order valence-corrected chi connectivity index (χ1v) is 8.46. The predicted molar refractivity (Wildman–Crippen MR) is 95.0 cm³/mol. The van der Waals surface area contributed by atoms with Crippen LogP contribution in [0.25, 0.3) is 0 Å². The number of nitrogens with zero attached hydrogens (tertiary/aromatic N) is 3. The Kier molecular flexibility index (Phi) is 6.74. The lowest BCUT2D eigenvalue weighted by molar-refractivity contribution is -0.134. The Morgan fingerprint density at radius 2 is 1.96 bits per heavy atom. The van der Waals surface area contributed by atoms with Crippen LogP contribution in [0.4, 0.5) is 0 Å². The molecule has 1 unspecified atom stereocenters. The molecule has 0 aliphatic carbocycles. The first kappa shape index (κ1) is 18.7. The molecule has 1 aliphatic rings. The summed E-state index contributed by atoms with van der Waals surface area (Å²) in [4.78, 5) is 27.6. The Bertz CT molecular complexity index is 693. The molecular formula is C19H25N3O3. The van der Waals surface area contributed by atoms with Gasteiger partial charge in [-0.15, -0.1) is 0 Å². The van der Waals surface area contributed by atoms with Crippen molar-refractivity contribution < 1.29 is 14.7 Å². The molecule has 25 heavy (non-hydrogen) atoms. The van der Waals surface area contributed by atoms with Gasteiger partial charge in [0.15, 0.2) is 0 Å². The highest BCUT2D eigenvalue weighted by Gasteiger charge is 2.24. The second kappa shape index (κ2) is 9.01. The molecule has 0 spiro atoms. The second-order valence-electron chi connectivity index (χ2n) is 6.22. The minimum absolute atomic E-state index is 0.247. The third-order valence-electron chi connectivity index (χ3n) is 4.33. The van der Waals surface area contributed by atoms with Gasteiger partial charge in [-0.2, -0.15) is 0 Å². The van der Waals surface area contributed by atoms with E-state index in [1.54, 1.807) is 6.20 Å². The summed E-state index contributed by atoms with van der Waals surface area (Å²) in [6, 6.07) is 10.5. The van der Waals surface area contributed by atoms with Crippen molar-refractivity contribution in [3.63, 3.8) is 0 Å². The summed E-state index contributed by atoms with van der Waals surface area (Å²) >= 11 is 0. The van der Waals surface area contributed by atoms with Crippen LogP contribution >= 0.6 is 0 Å². The molecule has 1 aromatic carbocycles. The number of carboxylic acid groups (broad SMARTS) is 1. The lowest BCUT2D eigenvalue weighted by Crippen LogP contribution is -2.30. The molecule has 1 aliphatic heterocycles. The standard InChI is InChI=1S/C17H21N3O.C2H4O2/c1-19-12-10-18-16(19)13-20-11-9-15(7-8-17(20)21)14-5-3-2-4-6-14;1-2(3)4/h2-6,10,12,15H,7-9,11,13H2,1H3;1H3,(H,3,4). The summed E-state index contributed by atoms with van der Waals surface area (Å²) in [6.07, 6.45) is 6.30. The van der Waals surface area contributed by atoms with E-state index in [-0.39, 0.29) is 5.91 Å². The summed E-state index contributed by atoms with van der Waals surface area (Å²) < 4.78 is 1.98. The van der Waals surface area contributed by atoms with Gasteiger partial charge in [0.25, 0.3) is 5.97 Å². The third-order valence-corrected chi connectivity index (χ3v) is 4.33. The number of benzene rings is 1. The van der Waals surface area contributed by atoms with E-state index < -0.39 is 5.97 Å². The summed E-state index contributed by atoms with van der Waals surface area (Å²) in [7, 11) is 1.97. The van der Waals surface area contributed by atoms with E-state index in [2.05, 4.69) is 29.2 Å². The van der Waals surface area contributed by atoms with Gasteiger partial charge >= 0.3 is 0 Å². The van der Waals surface area contributed by atoms with E-state index >= 15 is 0 Å². The Labute approximate surface area is 148 Å². The number of imidazole rings is 1. The smallest absolute Gasteiger partial charge is 0.300 e. The number of amides is 1. The van der Waals surface area contributed by atoms with Crippen LogP contribution in [0.2, 0.25) is 0 Å². The van der Waals surface area contributed by atoms with Crippen molar-refractivity contribution in [2.24, 2.45) is 7.05 Å². The zero-order valence-electron chi connectivity index (χ0n) is 14.8. The molecule has 3 rings (SSSR count). The zero-order valence-corrected chi connectivity index (χ0v) is 14.8. The number of hydrogen-bond acceptors (Lipinski definition) is 3. The fourth-order valence-corrected chi connectivity index (χ4v) is 2.98. The van der Waals surface area contributed by atoms with Crippen molar-refractivity contribution in [3.05, 3.63) is 54.1 Å². The molecule has 0 saturated carbocycles. The quantitative estimate of drug-likeness (QED) is 0.930.